The second-order valence-corrected chi connectivity index (χ2v) is 8.00. The van der Waals surface area contributed by atoms with E-state index in [1.807, 2.05) is 48.5 Å². The van der Waals surface area contributed by atoms with Gasteiger partial charge in [0.25, 0.3) is 0 Å². The van der Waals surface area contributed by atoms with Crippen molar-refractivity contribution in [3.8, 4) is 22.9 Å². The maximum atomic E-state index is 14.0. The highest BCUT2D eigenvalue weighted by molar-refractivity contribution is 7.98. The number of nitrogens with zero attached hydrogens (tertiary/aromatic N) is 3. The molecule has 0 saturated heterocycles. The number of para-hydroxylation sites is 2. The fourth-order valence-corrected chi connectivity index (χ4v) is 4.25. The van der Waals surface area contributed by atoms with Crippen LogP contribution in [0.15, 0.2) is 78.0 Å². The van der Waals surface area contributed by atoms with E-state index in [9.17, 15) is 4.39 Å². The molecular weight excluding hydrogens is 427 g/mol. The Morgan fingerprint density at radius 1 is 1.00 bits per heavy atom. The van der Waals surface area contributed by atoms with E-state index in [0.717, 1.165) is 16.8 Å². The van der Waals surface area contributed by atoms with E-state index >= 15 is 0 Å². The second-order valence-electron chi connectivity index (χ2n) is 7.06. The van der Waals surface area contributed by atoms with E-state index in [1.54, 1.807) is 25.3 Å². The molecule has 0 amide bonds. The molecule has 0 bridgehead atoms. The molecule has 6 nitrogen and oxygen atoms in total. The van der Waals surface area contributed by atoms with E-state index in [2.05, 4.69) is 20.5 Å². The number of aromatic nitrogens is 3. The summed E-state index contributed by atoms with van der Waals surface area (Å²) >= 11 is 1.30. The van der Waals surface area contributed by atoms with Crippen LogP contribution < -0.4 is 14.8 Å². The standard InChI is InChI=1S/C24H19FN4O2S/c1-30-20-13-7-4-10-17(20)22-26-19-12-6-3-9-16(19)21-23(31-22)27-24(29-28-21)32-14-15-8-2-5-11-18(15)25/h2-13,22,26H,14H2,1H3. The quantitative estimate of drug-likeness (QED) is 0.407. The van der Waals surface area contributed by atoms with Gasteiger partial charge in [0, 0.05) is 17.0 Å². The molecule has 160 valence electrons. The third-order valence-corrected chi connectivity index (χ3v) is 5.96. The lowest BCUT2D eigenvalue weighted by Crippen LogP contribution is -2.18. The number of nitrogens with one attached hydrogen (secondary N) is 1. The molecule has 1 atom stereocenters. The monoisotopic (exact) mass is 446 g/mol. The number of methoxy groups -OCH3 is 1. The second kappa shape index (κ2) is 8.84. The number of ether oxygens (including phenoxy) is 2. The summed E-state index contributed by atoms with van der Waals surface area (Å²) in [6.07, 6.45) is -0.547. The molecule has 1 aliphatic heterocycles. The van der Waals surface area contributed by atoms with Gasteiger partial charge < -0.3 is 14.8 Å². The van der Waals surface area contributed by atoms with E-state index in [-0.39, 0.29) is 5.82 Å². The molecule has 1 aromatic heterocycles. The molecule has 4 aromatic rings. The van der Waals surface area contributed by atoms with Gasteiger partial charge in [-0.05, 0) is 29.8 Å². The van der Waals surface area contributed by atoms with Crippen molar-refractivity contribution in [3.05, 3.63) is 89.7 Å². The van der Waals surface area contributed by atoms with Crippen LogP contribution >= 0.6 is 11.8 Å². The molecule has 1 N–H and O–H groups in total. The van der Waals surface area contributed by atoms with Crippen LogP contribution in [0.4, 0.5) is 10.1 Å². The highest BCUT2D eigenvalue weighted by Gasteiger charge is 2.27. The fourth-order valence-electron chi connectivity index (χ4n) is 3.49. The molecule has 0 aliphatic carbocycles. The molecule has 3 aromatic carbocycles. The summed E-state index contributed by atoms with van der Waals surface area (Å²) in [5, 5.41) is 12.5. The number of benzene rings is 3. The van der Waals surface area contributed by atoms with E-state index in [1.165, 1.54) is 17.8 Å². The van der Waals surface area contributed by atoms with Gasteiger partial charge in [-0.3, -0.25) is 0 Å². The van der Waals surface area contributed by atoms with Crippen LogP contribution in [0.2, 0.25) is 0 Å². The number of anilines is 1. The number of thioether (sulfide) groups is 1. The molecule has 32 heavy (non-hydrogen) atoms. The summed E-state index contributed by atoms with van der Waals surface area (Å²) in [5.41, 5.74) is 3.64. The number of halogens is 1. The van der Waals surface area contributed by atoms with Crippen molar-refractivity contribution in [2.75, 3.05) is 12.4 Å². The predicted molar refractivity (Wildman–Crippen MR) is 121 cm³/mol. The Hall–Kier alpha value is -3.65. The molecule has 1 aliphatic rings. The first-order valence-electron chi connectivity index (χ1n) is 9.99. The third-order valence-electron chi connectivity index (χ3n) is 5.07. The third kappa shape index (κ3) is 3.97. The van der Waals surface area contributed by atoms with Crippen LogP contribution in [0.25, 0.3) is 11.3 Å². The van der Waals surface area contributed by atoms with Crippen LogP contribution in [0, 0.1) is 5.82 Å². The average Bonchev–Trinajstić information content (AvgIpc) is 3.00. The van der Waals surface area contributed by atoms with Crippen molar-refractivity contribution in [1.29, 1.82) is 0 Å². The van der Waals surface area contributed by atoms with Crippen molar-refractivity contribution in [3.63, 3.8) is 0 Å². The Morgan fingerprint density at radius 2 is 1.78 bits per heavy atom. The van der Waals surface area contributed by atoms with Crippen LogP contribution in [-0.4, -0.2) is 22.3 Å². The molecule has 0 spiro atoms. The van der Waals surface area contributed by atoms with E-state index in [0.29, 0.717) is 33.8 Å². The van der Waals surface area contributed by atoms with Gasteiger partial charge in [0.15, 0.2) is 5.69 Å². The number of hydrogen-bond donors (Lipinski definition) is 1. The molecule has 0 radical (unpaired) electrons. The van der Waals surface area contributed by atoms with Gasteiger partial charge in [-0.2, -0.15) is 4.98 Å². The van der Waals surface area contributed by atoms with Crippen LogP contribution in [-0.2, 0) is 5.75 Å². The van der Waals surface area contributed by atoms with E-state index < -0.39 is 6.23 Å². The average molecular weight is 447 g/mol. The van der Waals surface area contributed by atoms with Gasteiger partial charge >= 0.3 is 0 Å². The molecule has 5 rings (SSSR count). The first kappa shape index (κ1) is 20.3. The van der Waals surface area contributed by atoms with Crippen LogP contribution in [0.5, 0.6) is 11.6 Å². The summed E-state index contributed by atoms with van der Waals surface area (Å²) in [6, 6.07) is 22.1. The zero-order valence-electron chi connectivity index (χ0n) is 17.2. The van der Waals surface area contributed by atoms with Crippen molar-refractivity contribution < 1.29 is 13.9 Å². The SMILES string of the molecule is COc1ccccc1C1Nc2ccccc2-c2nnc(SCc3ccccc3F)nc2O1. The predicted octanol–water partition coefficient (Wildman–Crippen LogP) is 5.48. The van der Waals surface area contributed by atoms with Crippen molar-refractivity contribution in [1.82, 2.24) is 15.2 Å². The van der Waals surface area contributed by atoms with E-state index in [4.69, 9.17) is 9.47 Å². The number of fused-ring (bicyclic) bond motifs is 3. The molecule has 8 heteroatoms. The van der Waals surface area contributed by atoms with Gasteiger partial charge in [-0.1, -0.05) is 60.3 Å². The van der Waals surface area contributed by atoms with Crippen molar-refractivity contribution >= 4 is 17.4 Å². The lowest BCUT2D eigenvalue weighted by atomic mass is 10.1. The lowest BCUT2D eigenvalue weighted by Gasteiger charge is -2.21. The molecule has 2 heterocycles. The maximum Gasteiger partial charge on any atom is 0.247 e. The minimum Gasteiger partial charge on any atom is -0.496 e. The van der Waals surface area contributed by atoms with Gasteiger partial charge in [0.1, 0.15) is 11.6 Å². The summed E-state index contributed by atoms with van der Waals surface area (Å²) in [4.78, 5) is 4.61. The highest BCUT2D eigenvalue weighted by Crippen LogP contribution is 2.41. The molecule has 1 unspecified atom stereocenters. The van der Waals surface area contributed by atoms with Crippen LogP contribution in [0.3, 0.4) is 0 Å². The molecular formula is C24H19FN4O2S. The zero-order valence-corrected chi connectivity index (χ0v) is 18.0. The Morgan fingerprint density at radius 3 is 2.66 bits per heavy atom. The smallest absolute Gasteiger partial charge is 0.247 e. The first-order chi connectivity index (χ1) is 15.7. The largest absolute Gasteiger partial charge is 0.496 e. The Balaban J connectivity index is 1.51. The normalized spacial score (nSPS) is 14.4. The van der Waals surface area contributed by atoms with Gasteiger partial charge in [-0.25, -0.2) is 4.39 Å². The van der Waals surface area contributed by atoms with Crippen molar-refractivity contribution in [2.24, 2.45) is 0 Å². The minimum atomic E-state index is -0.547. The molecule has 0 fully saturated rings. The summed E-state index contributed by atoms with van der Waals surface area (Å²) in [6.45, 7) is 0. The Kier molecular flexibility index (Phi) is 5.60. The minimum absolute atomic E-state index is 0.256. The first-order valence-corrected chi connectivity index (χ1v) is 11.0. The Bertz CT molecular complexity index is 1270. The number of hydrogen-bond acceptors (Lipinski definition) is 7. The van der Waals surface area contributed by atoms with Crippen LogP contribution in [0.1, 0.15) is 17.4 Å². The zero-order chi connectivity index (χ0) is 21.9. The van der Waals surface area contributed by atoms with Gasteiger partial charge in [0.05, 0.1) is 12.7 Å². The van der Waals surface area contributed by atoms with Gasteiger partial charge in [-0.15, -0.1) is 10.2 Å². The summed E-state index contributed by atoms with van der Waals surface area (Å²) in [5.74, 6) is 1.18. The summed E-state index contributed by atoms with van der Waals surface area (Å²) < 4.78 is 25.8. The Labute approximate surface area is 188 Å². The summed E-state index contributed by atoms with van der Waals surface area (Å²) in [7, 11) is 1.62. The lowest BCUT2D eigenvalue weighted by molar-refractivity contribution is 0.220. The highest BCUT2D eigenvalue weighted by atomic mass is 32.2. The topological polar surface area (TPSA) is 69.2 Å². The number of rotatable bonds is 5. The van der Waals surface area contributed by atoms with Gasteiger partial charge in [0.2, 0.25) is 17.3 Å². The fraction of sp³-hybridized carbons (Fsp3) is 0.125. The molecule has 0 saturated carbocycles. The van der Waals surface area contributed by atoms with Crippen molar-refractivity contribution in [2.45, 2.75) is 17.1 Å². The maximum absolute atomic E-state index is 14.0.